The molecule has 0 aromatic heterocycles. The van der Waals surface area contributed by atoms with E-state index in [1.165, 1.54) is 0 Å². The number of amides is 3. The second-order valence-electron chi connectivity index (χ2n) is 9.56. The van der Waals surface area contributed by atoms with E-state index in [1.54, 1.807) is 4.90 Å². The zero-order valence-electron chi connectivity index (χ0n) is 18.4. The highest BCUT2D eigenvalue weighted by atomic mass is 35.5. The number of urea groups is 1. The Hall–Kier alpha value is -2.61. The van der Waals surface area contributed by atoms with Crippen LogP contribution in [0, 0.1) is 5.41 Å². The number of aliphatic hydroxyl groups is 1. The van der Waals surface area contributed by atoms with Crippen molar-refractivity contribution >= 4 is 34.9 Å². The molecule has 1 saturated heterocycles. The van der Waals surface area contributed by atoms with Crippen LogP contribution in [-0.4, -0.2) is 42.4 Å². The van der Waals surface area contributed by atoms with Gasteiger partial charge in [0.15, 0.2) is 0 Å². The standard InChI is InChI=1S/C25H28ClN3O4/c26-19-4-1-17(2-5-19)12-29-21-7-6-20(11-18(21)3-8-22(29)31)28-23(32)27-14-25-10-9-24(13-25,15-30)16-33-25/h1-2,4-7,11,30H,3,8-10,12-16H2,(H2,27,28,32). The fourth-order valence-corrected chi connectivity index (χ4v) is 5.41. The van der Waals surface area contributed by atoms with E-state index in [-0.39, 0.29) is 29.6 Å². The van der Waals surface area contributed by atoms with Gasteiger partial charge in [-0.25, -0.2) is 4.79 Å². The molecule has 2 unspecified atom stereocenters. The Balaban J connectivity index is 1.22. The normalized spacial score (nSPS) is 25.8. The Morgan fingerprint density at radius 3 is 2.67 bits per heavy atom. The molecular weight excluding hydrogens is 442 g/mol. The third-order valence-corrected chi connectivity index (χ3v) is 7.44. The fourth-order valence-electron chi connectivity index (χ4n) is 5.29. The maximum atomic E-state index is 12.6. The van der Waals surface area contributed by atoms with Gasteiger partial charge < -0.3 is 25.4 Å². The summed E-state index contributed by atoms with van der Waals surface area (Å²) in [5.41, 5.74) is 3.10. The van der Waals surface area contributed by atoms with Crippen LogP contribution >= 0.6 is 11.6 Å². The lowest BCUT2D eigenvalue weighted by atomic mass is 9.89. The van der Waals surface area contributed by atoms with Gasteiger partial charge in [0.1, 0.15) is 0 Å². The topological polar surface area (TPSA) is 90.9 Å². The third kappa shape index (κ3) is 4.45. The number of carbonyl (C=O) groups excluding carboxylic acids is 2. The quantitative estimate of drug-likeness (QED) is 0.599. The van der Waals surface area contributed by atoms with E-state index in [9.17, 15) is 14.7 Å². The number of hydrogen-bond donors (Lipinski definition) is 3. The maximum Gasteiger partial charge on any atom is 0.319 e. The second-order valence-corrected chi connectivity index (χ2v) is 10.0. The number of nitrogens with zero attached hydrogens (tertiary/aromatic N) is 1. The summed E-state index contributed by atoms with van der Waals surface area (Å²) >= 11 is 5.98. The molecule has 3 amide bonds. The summed E-state index contributed by atoms with van der Waals surface area (Å²) in [6.45, 7) is 1.60. The molecule has 2 heterocycles. The van der Waals surface area contributed by atoms with Crippen LogP contribution < -0.4 is 15.5 Å². The van der Waals surface area contributed by atoms with E-state index in [0.29, 0.717) is 43.2 Å². The van der Waals surface area contributed by atoms with Gasteiger partial charge in [-0.2, -0.15) is 0 Å². The van der Waals surface area contributed by atoms with E-state index in [0.717, 1.165) is 36.1 Å². The van der Waals surface area contributed by atoms with Crippen LogP contribution in [0.2, 0.25) is 5.02 Å². The molecule has 3 N–H and O–H groups in total. The molecule has 1 aliphatic carbocycles. The van der Waals surface area contributed by atoms with Crippen LogP contribution in [0.4, 0.5) is 16.2 Å². The van der Waals surface area contributed by atoms with E-state index >= 15 is 0 Å². The molecule has 0 radical (unpaired) electrons. The number of ether oxygens (including phenoxy) is 1. The van der Waals surface area contributed by atoms with Gasteiger partial charge in [0.05, 0.1) is 25.4 Å². The summed E-state index contributed by atoms with van der Waals surface area (Å²) in [4.78, 5) is 26.9. The molecule has 2 bridgehead atoms. The Bertz CT molecular complexity index is 1060. The number of rotatable bonds is 6. The van der Waals surface area contributed by atoms with Crippen molar-refractivity contribution in [2.75, 3.05) is 30.0 Å². The first kappa shape index (κ1) is 22.2. The van der Waals surface area contributed by atoms with Crippen LogP contribution in [0.25, 0.3) is 0 Å². The molecule has 2 atom stereocenters. The van der Waals surface area contributed by atoms with E-state index in [2.05, 4.69) is 10.6 Å². The molecule has 2 aromatic rings. The van der Waals surface area contributed by atoms with Gasteiger partial charge in [-0.1, -0.05) is 23.7 Å². The van der Waals surface area contributed by atoms with Crippen molar-refractivity contribution < 1.29 is 19.4 Å². The second kappa shape index (κ2) is 8.63. The first-order valence-electron chi connectivity index (χ1n) is 11.4. The lowest BCUT2D eigenvalue weighted by Gasteiger charge is -2.30. The van der Waals surface area contributed by atoms with E-state index in [4.69, 9.17) is 16.3 Å². The van der Waals surface area contributed by atoms with Crippen molar-refractivity contribution in [1.29, 1.82) is 0 Å². The molecule has 8 heteroatoms. The molecule has 2 fully saturated rings. The van der Waals surface area contributed by atoms with Crippen LogP contribution in [-0.2, 0) is 22.5 Å². The maximum absolute atomic E-state index is 12.6. The molecular formula is C25H28ClN3O4. The summed E-state index contributed by atoms with van der Waals surface area (Å²) in [5, 5.41) is 16.1. The summed E-state index contributed by atoms with van der Waals surface area (Å²) < 4.78 is 5.94. The number of benzene rings is 2. The van der Waals surface area contributed by atoms with Crippen LogP contribution in [0.1, 0.15) is 36.8 Å². The fraction of sp³-hybridized carbons (Fsp3) is 0.440. The molecule has 7 nitrogen and oxygen atoms in total. The number of aliphatic hydroxyl groups excluding tert-OH is 1. The zero-order valence-corrected chi connectivity index (χ0v) is 19.2. The van der Waals surface area contributed by atoms with Crippen LogP contribution in [0.5, 0.6) is 0 Å². The summed E-state index contributed by atoms with van der Waals surface area (Å²) in [7, 11) is 0. The Kier molecular flexibility index (Phi) is 5.80. The van der Waals surface area contributed by atoms with E-state index in [1.807, 2.05) is 42.5 Å². The SMILES string of the molecule is O=C(NCC12CCC(CO)(CO1)C2)Nc1ccc2c(c1)CCC(=O)N2Cc1ccc(Cl)cc1. The molecule has 174 valence electrons. The van der Waals surface area contributed by atoms with Crippen molar-refractivity contribution in [1.82, 2.24) is 5.32 Å². The molecule has 1 saturated carbocycles. The minimum Gasteiger partial charge on any atom is -0.396 e. The lowest BCUT2D eigenvalue weighted by Crippen LogP contribution is -2.43. The van der Waals surface area contributed by atoms with Crippen molar-refractivity contribution in [3.8, 4) is 0 Å². The first-order valence-corrected chi connectivity index (χ1v) is 11.7. The molecule has 0 spiro atoms. The average molecular weight is 470 g/mol. The summed E-state index contributed by atoms with van der Waals surface area (Å²) in [6, 6.07) is 12.9. The third-order valence-electron chi connectivity index (χ3n) is 7.19. The van der Waals surface area contributed by atoms with E-state index < -0.39 is 0 Å². The van der Waals surface area contributed by atoms with Gasteiger partial charge >= 0.3 is 6.03 Å². The van der Waals surface area contributed by atoms with Gasteiger partial charge in [0.2, 0.25) is 5.91 Å². The van der Waals surface area contributed by atoms with Crippen molar-refractivity contribution in [3.05, 3.63) is 58.6 Å². The molecule has 3 aliphatic rings. The number of nitrogens with one attached hydrogen (secondary N) is 2. The smallest absolute Gasteiger partial charge is 0.319 e. The van der Waals surface area contributed by atoms with Crippen LogP contribution in [0.3, 0.4) is 0 Å². The number of fused-ring (bicyclic) bond motifs is 3. The zero-order chi connectivity index (χ0) is 23.1. The Morgan fingerprint density at radius 2 is 1.97 bits per heavy atom. The molecule has 5 rings (SSSR count). The predicted octanol–water partition coefficient (Wildman–Crippen LogP) is 3.87. The minimum absolute atomic E-state index is 0.0854. The number of aryl methyl sites for hydroxylation is 1. The summed E-state index contributed by atoms with van der Waals surface area (Å²) in [6.07, 6.45) is 3.64. The largest absolute Gasteiger partial charge is 0.396 e. The lowest BCUT2D eigenvalue weighted by molar-refractivity contribution is -0.119. The molecule has 2 aromatic carbocycles. The summed E-state index contributed by atoms with van der Waals surface area (Å²) in [5.74, 6) is 0.0854. The Labute approximate surface area is 198 Å². The molecule has 33 heavy (non-hydrogen) atoms. The van der Waals surface area contributed by atoms with Gasteiger partial charge in [-0.05, 0) is 67.1 Å². The van der Waals surface area contributed by atoms with Crippen molar-refractivity contribution in [2.24, 2.45) is 5.41 Å². The number of anilines is 2. The average Bonchev–Trinajstić information content (AvgIpc) is 3.38. The molecule has 2 aliphatic heterocycles. The highest BCUT2D eigenvalue weighted by Crippen LogP contribution is 2.52. The van der Waals surface area contributed by atoms with Crippen LogP contribution in [0.15, 0.2) is 42.5 Å². The van der Waals surface area contributed by atoms with Gasteiger partial charge in [-0.15, -0.1) is 0 Å². The van der Waals surface area contributed by atoms with Gasteiger partial charge in [0.25, 0.3) is 0 Å². The number of halogens is 1. The highest BCUT2D eigenvalue weighted by Gasteiger charge is 2.55. The predicted molar refractivity (Wildman–Crippen MR) is 126 cm³/mol. The van der Waals surface area contributed by atoms with Crippen molar-refractivity contribution in [2.45, 2.75) is 44.2 Å². The number of hydrogen-bond acceptors (Lipinski definition) is 4. The van der Waals surface area contributed by atoms with Gasteiger partial charge in [-0.3, -0.25) is 4.79 Å². The minimum atomic E-state index is -0.363. The highest BCUT2D eigenvalue weighted by molar-refractivity contribution is 6.30. The Morgan fingerprint density at radius 1 is 1.15 bits per heavy atom. The number of carbonyl (C=O) groups is 2. The monoisotopic (exact) mass is 469 g/mol. The first-order chi connectivity index (χ1) is 15.9. The van der Waals surface area contributed by atoms with Gasteiger partial charge in [0, 0.05) is 34.8 Å². The van der Waals surface area contributed by atoms with Crippen molar-refractivity contribution in [3.63, 3.8) is 0 Å².